The number of hydrogen-bond donors (Lipinski definition) is 2. The van der Waals surface area contributed by atoms with Gasteiger partial charge in [-0.3, -0.25) is 9.59 Å². The highest BCUT2D eigenvalue weighted by Crippen LogP contribution is 2.17. The van der Waals surface area contributed by atoms with Crippen LogP contribution in [-0.4, -0.2) is 24.1 Å². The van der Waals surface area contributed by atoms with Gasteiger partial charge in [-0.05, 0) is 30.5 Å². The molecule has 0 aliphatic heterocycles. The Labute approximate surface area is 132 Å². The van der Waals surface area contributed by atoms with Crippen LogP contribution in [0.4, 0.5) is 0 Å². The fourth-order valence-corrected chi connectivity index (χ4v) is 2.53. The van der Waals surface area contributed by atoms with E-state index in [4.69, 9.17) is 0 Å². The van der Waals surface area contributed by atoms with E-state index in [1.807, 2.05) is 24.3 Å². The van der Waals surface area contributed by atoms with Crippen molar-refractivity contribution in [3.63, 3.8) is 0 Å². The van der Waals surface area contributed by atoms with Gasteiger partial charge >= 0.3 is 11.8 Å². The van der Waals surface area contributed by atoms with E-state index in [9.17, 15) is 9.59 Å². The summed E-state index contributed by atoms with van der Waals surface area (Å²) in [5.41, 5.74) is 3.08. The Morgan fingerprint density at radius 2 is 1.76 bits per heavy atom. The molecule has 1 aromatic carbocycles. The molecule has 0 heterocycles. The number of hydrogen-bond acceptors (Lipinski definition) is 3. The maximum atomic E-state index is 11.7. The number of nitrogens with one attached hydrogen (secondary N) is 2. The molecule has 0 atom stereocenters. The minimum atomic E-state index is -0.728. The van der Waals surface area contributed by atoms with Gasteiger partial charge in [-0.15, -0.1) is 0 Å². The second kappa shape index (κ2) is 7.93. The number of amides is 2. The van der Waals surface area contributed by atoms with Crippen molar-refractivity contribution in [2.75, 3.05) is 0 Å². The molecule has 0 unspecified atom stereocenters. The quantitative estimate of drug-likeness (QED) is 0.498. The fourth-order valence-electron chi connectivity index (χ4n) is 2.26. The van der Waals surface area contributed by atoms with Crippen molar-refractivity contribution in [1.82, 2.24) is 10.7 Å². The van der Waals surface area contributed by atoms with Crippen LogP contribution in [0, 0.1) is 0 Å². The van der Waals surface area contributed by atoms with Gasteiger partial charge in [0.15, 0.2) is 0 Å². The number of benzene rings is 1. The third-order valence-electron chi connectivity index (χ3n) is 3.40. The Bertz CT molecular complexity index is 522. The van der Waals surface area contributed by atoms with Crippen molar-refractivity contribution >= 4 is 34.0 Å². The van der Waals surface area contributed by atoms with Crippen molar-refractivity contribution in [2.24, 2.45) is 5.10 Å². The summed E-state index contributed by atoms with van der Waals surface area (Å²) < 4.78 is 0.968. The van der Waals surface area contributed by atoms with Crippen LogP contribution in [0.2, 0.25) is 0 Å². The molecule has 2 rings (SSSR count). The van der Waals surface area contributed by atoms with Gasteiger partial charge in [0, 0.05) is 10.5 Å². The van der Waals surface area contributed by atoms with Gasteiger partial charge in [-0.1, -0.05) is 47.3 Å². The Kier molecular flexibility index (Phi) is 5.92. The average molecular weight is 352 g/mol. The lowest BCUT2D eigenvalue weighted by Gasteiger charge is -2.22. The number of carbonyl (C=O) groups excluding carboxylic acids is 2. The van der Waals surface area contributed by atoms with Gasteiger partial charge in [0.2, 0.25) is 0 Å². The number of nitrogens with zero attached hydrogens (tertiary/aromatic N) is 1. The first-order chi connectivity index (χ1) is 10.1. The minimum absolute atomic E-state index is 0.118. The number of halogens is 1. The molecule has 0 aromatic heterocycles. The first kappa shape index (κ1) is 15.7. The van der Waals surface area contributed by atoms with E-state index in [1.54, 1.807) is 0 Å². The van der Waals surface area contributed by atoms with Crippen LogP contribution >= 0.6 is 15.9 Å². The van der Waals surface area contributed by atoms with Gasteiger partial charge in [0.25, 0.3) is 0 Å². The van der Waals surface area contributed by atoms with Crippen LogP contribution in [0.15, 0.2) is 33.8 Å². The second-order valence-corrected chi connectivity index (χ2v) is 5.97. The first-order valence-corrected chi connectivity index (χ1v) is 7.84. The van der Waals surface area contributed by atoms with Crippen LogP contribution < -0.4 is 10.7 Å². The van der Waals surface area contributed by atoms with Crippen molar-refractivity contribution < 1.29 is 9.59 Å². The standard InChI is InChI=1S/C15H18BrN3O2/c16-12-8-6-11(7-9-12)10-17-19-15(21)14(20)18-13-4-2-1-3-5-13/h6-10,13H,1-5H2,(H,18,20)(H,19,21)/b17-10-. The molecule has 2 N–H and O–H groups in total. The van der Waals surface area contributed by atoms with Crippen molar-refractivity contribution in [3.05, 3.63) is 34.3 Å². The normalized spacial score (nSPS) is 15.9. The number of hydrazone groups is 1. The SMILES string of the molecule is O=C(N/N=C\c1ccc(Br)cc1)C(=O)NC1CCCCC1. The predicted molar refractivity (Wildman–Crippen MR) is 84.9 cm³/mol. The molecule has 0 spiro atoms. The van der Waals surface area contributed by atoms with E-state index in [-0.39, 0.29) is 6.04 Å². The number of carbonyl (C=O) groups is 2. The molecule has 0 radical (unpaired) electrons. The van der Waals surface area contributed by atoms with E-state index in [0.29, 0.717) is 0 Å². The van der Waals surface area contributed by atoms with E-state index >= 15 is 0 Å². The molecule has 21 heavy (non-hydrogen) atoms. The summed E-state index contributed by atoms with van der Waals surface area (Å²) in [5, 5.41) is 6.53. The topological polar surface area (TPSA) is 70.6 Å². The van der Waals surface area contributed by atoms with Crippen LogP contribution in [0.3, 0.4) is 0 Å². The highest BCUT2D eigenvalue weighted by atomic mass is 79.9. The highest BCUT2D eigenvalue weighted by molar-refractivity contribution is 9.10. The summed E-state index contributed by atoms with van der Waals surface area (Å²) in [4.78, 5) is 23.3. The zero-order valence-corrected chi connectivity index (χ0v) is 13.2. The molecule has 112 valence electrons. The summed E-state index contributed by atoms with van der Waals surface area (Å²) in [6, 6.07) is 7.56. The lowest BCUT2D eigenvalue weighted by molar-refractivity contribution is -0.139. The van der Waals surface area contributed by atoms with Crippen molar-refractivity contribution in [2.45, 2.75) is 38.1 Å². The van der Waals surface area contributed by atoms with E-state index in [0.717, 1.165) is 35.7 Å². The summed E-state index contributed by atoms with van der Waals surface area (Å²) in [6.07, 6.45) is 6.80. The molecule has 1 aromatic rings. The number of rotatable bonds is 3. The van der Waals surface area contributed by atoms with Crippen LogP contribution in [0.25, 0.3) is 0 Å². The average Bonchev–Trinajstić information content (AvgIpc) is 2.50. The molecule has 2 amide bonds. The third kappa shape index (κ3) is 5.30. The minimum Gasteiger partial charge on any atom is -0.345 e. The van der Waals surface area contributed by atoms with E-state index in [1.165, 1.54) is 12.6 Å². The largest absolute Gasteiger partial charge is 0.345 e. The van der Waals surface area contributed by atoms with Gasteiger partial charge in [0.1, 0.15) is 0 Å². The van der Waals surface area contributed by atoms with Gasteiger partial charge < -0.3 is 5.32 Å². The molecule has 1 aliphatic rings. The van der Waals surface area contributed by atoms with Crippen LogP contribution in [0.1, 0.15) is 37.7 Å². The van der Waals surface area contributed by atoms with Gasteiger partial charge in [0.05, 0.1) is 6.21 Å². The molecule has 6 heteroatoms. The molecule has 1 saturated carbocycles. The zero-order valence-electron chi connectivity index (χ0n) is 11.6. The second-order valence-electron chi connectivity index (χ2n) is 5.06. The summed E-state index contributed by atoms with van der Waals surface area (Å²) in [7, 11) is 0. The molecule has 0 saturated heterocycles. The van der Waals surface area contributed by atoms with E-state index in [2.05, 4.69) is 31.8 Å². The molecular weight excluding hydrogens is 334 g/mol. The summed E-state index contributed by atoms with van der Waals surface area (Å²) in [6.45, 7) is 0. The maximum absolute atomic E-state index is 11.7. The van der Waals surface area contributed by atoms with Crippen molar-refractivity contribution in [3.8, 4) is 0 Å². The van der Waals surface area contributed by atoms with Crippen LogP contribution in [0.5, 0.6) is 0 Å². The third-order valence-corrected chi connectivity index (χ3v) is 3.93. The summed E-state index contributed by atoms with van der Waals surface area (Å²) in [5.74, 6) is -1.34. The zero-order chi connectivity index (χ0) is 15.1. The Morgan fingerprint density at radius 1 is 1.10 bits per heavy atom. The smallest absolute Gasteiger partial charge is 0.329 e. The molecule has 1 aliphatic carbocycles. The monoisotopic (exact) mass is 351 g/mol. The predicted octanol–water partition coefficient (Wildman–Crippen LogP) is 2.35. The van der Waals surface area contributed by atoms with Crippen LogP contribution in [-0.2, 0) is 9.59 Å². The highest BCUT2D eigenvalue weighted by Gasteiger charge is 2.19. The first-order valence-electron chi connectivity index (χ1n) is 7.04. The molecule has 5 nitrogen and oxygen atoms in total. The molecule has 1 fully saturated rings. The Morgan fingerprint density at radius 3 is 2.43 bits per heavy atom. The molecular formula is C15H18BrN3O2. The van der Waals surface area contributed by atoms with Crippen molar-refractivity contribution in [1.29, 1.82) is 0 Å². The lowest BCUT2D eigenvalue weighted by Crippen LogP contribution is -2.44. The Balaban J connectivity index is 1.77. The van der Waals surface area contributed by atoms with Gasteiger partial charge in [-0.25, -0.2) is 5.43 Å². The fraction of sp³-hybridized carbons (Fsp3) is 0.400. The molecule has 0 bridgehead atoms. The summed E-state index contributed by atoms with van der Waals surface area (Å²) >= 11 is 3.34. The lowest BCUT2D eigenvalue weighted by atomic mass is 9.95. The Hall–Kier alpha value is -1.69. The van der Waals surface area contributed by atoms with E-state index < -0.39 is 11.8 Å². The maximum Gasteiger partial charge on any atom is 0.329 e. The van der Waals surface area contributed by atoms with Gasteiger partial charge in [-0.2, -0.15) is 5.10 Å².